The van der Waals surface area contributed by atoms with Gasteiger partial charge in [0, 0.05) is 6.54 Å². The number of likely N-dealkylation sites (tertiary alicyclic amines) is 1. The number of carbonyl (C=O) groups excluding carboxylic acids is 1. The minimum atomic E-state index is -0.675. The number of anilines is 1. The molecular weight excluding hydrogens is 273 g/mol. The van der Waals surface area contributed by atoms with E-state index < -0.39 is 6.03 Å². The molecule has 0 atom stereocenters. The van der Waals surface area contributed by atoms with E-state index in [-0.39, 0.29) is 0 Å². The number of carbonyl (C=O) groups is 1. The molecule has 0 aliphatic carbocycles. The summed E-state index contributed by atoms with van der Waals surface area (Å²) in [6.07, 6.45) is 2.48. The fourth-order valence-corrected chi connectivity index (χ4v) is 2.79. The number of nitrogens with one attached hydrogen (secondary N) is 1. The first kappa shape index (κ1) is 13.5. The molecule has 1 aliphatic heterocycles. The predicted molar refractivity (Wildman–Crippen MR) is 74.2 cm³/mol. The first-order valence-electron chi connectivity index (χ1n) is 5.83. The molecule has 0 unspecified atom stereocenters. The molecule has 1 aromatic rings. The summed E-state index contributed by atoms with van der Waals surface area (Å²) in [7, 11) is 0. The van der Waals surface area contributed by atoms with Gasteiger partial charge < -0.3 is 11.1 Å². The van der Waals surface area contributed by atoms with Crippen molar-refractivity contribution in [2.45, 2.75) is 19.4 Å². The van der Waals surface area contributed by atoms with E-state index in [1.807, 2.05) is 12.1 Å². The minimum absolute atomic E-state index is 0.371. The number of primary amides is 1. The zero-order valence-corrected chi connectivity index (χ0v) is 11.4. The third kappa shape index (κ3) is 3.28. The quantitative estimate of drug-likeness (QED) is 0.898. The molecule has 0 bridgehead atoms. The summed E-state index contributed by atoms with van der Waals surface area (Å²) in [5.41, 5.74) is 6.47. The molecule has 0 spiro atoms. The third-order valence-corrected chi connectivity index (χ3v) is 3.55. The Bertz CT molecular complexity index is 436. The Balaban J connectivity index is 2.16. The van der Waals surface area contributed by atoms with E-state index in [1.165, 1.54) is 12.8 Å². The SMILES string of the molecule is NC(=O)Nc1c(Cl)cc(CN2CCCC2)cc1Cl. The molecule has 4 nitrogen and oxygen atoms in total. The zero-order valence-electron chi connectivity index (χ0n) is 9.88. The van der Waals surface area contributed by atoms with Crippen molar-refractivity contribution in [1.82, 2.24) is 4.90 Å². The summed E-state index contributed by atoms with van der Waals surface area (Å²) in [6.45, 7) is 3.04. The van der Waals surface area contributed by atoms with Crippen LogP contribution in [0.25, 0.3) is 0 Å². The van der Waals surface area contributed by atoms with Crippen LogP contribution in [0.5, 0.6) is 0 Å². The van der Waals surface area contributed by atoms with Gasteiger partial charge in [0.25, 0.3) is 0 Å². The standard InChI is InChI=1S/C12H15Cl2N3O/c13-9-5-8(7-17-3-1-2-4-17)6-10(14)11(9)16-12(15)18/h5-6H,1-4,7H2,(H3,15,16,18). The van der Waals surface area contributed by atoms with Crippen LogP contribution in [0.2, 0.25) is 10.0 Å². The van der Waals surface area contributed by atoms with E-state index in [0.717, 1.165) is 25.2 Å². The van der Waals surface area contributed by atoms with Crippen molar-refractivity contribution in [2.24, 2.45) is 5.73 Å². The topological polar surface area (TPSA) is 58.4 Å². The van der Waals surface area contributed by atoms with Crippen molar-refractivity contribution < 1.29 is 4.79 Å². The molecule has 1 fully saturated rings. The van der Waals surface area contributed by atoms with Gasteiger partial charge in [-0.25, -0.2) is 4.79 Å². The van der Waals surface area contributed by atoms with Crippen LogP contribution in [0.3, 0.4) is 0 Å². The Labute approximate surface area is 116 Å². The molecule has 1 heterocycles. The maximum absolute atomic E-state index is 10.8. The van der Waals surface area contributed by atoms with Crippen LogP contribution in [0.15, 0.2) is 12.1 Å². The summed E-state index contributed by atoms with van der Waals surface area (Å²) in [5, 5.41) is 3.25. The molecule has 0 radical (unpaired) electrons. The smallest absolute Gasteiger partial charge is 0.316 e. The van der Waals surface area contributed by atoms with Crippen LogP contribution < -0.4 is 11.1 Å². The Morgan fingerprint density at radius 2 is 1.83 bits per heavy atom. The van der Waals surface area contributed by atoms with Gasteiger partial charge in [-0.3, -0.25) is 4.90 Å². The van der Waals surface area contributed by atoms with Crippen molar-refractivity contribution in [2.75, 3.05) is 18.4 Å². The number of hydrogen-bond acceptors (Lipinski definition) is 2. The number of rotatable bonds is 3. The monoisotopic (exact) mass is 287 g/mol. The highest BCUT2D eigenvalue weighted by molar-refractivity contribution is 6.39. The average molecular weight is 288 g/mol. The lowest BCUT2D eigenvalue weighted by Crippen LogP contribution is -2.20. The second-order valence-corrected chi connectivity index (χ2v) is 5.22. The average Bonchev–Trinajstić information content (AvgIpc) is 2.76. The van der Waals surface area contributed by atoms with Crippen LogP contribution in [-0.2, 0) is 6.54 Å². The molecule has 1 aliphatic rings. The Hall–Kier alpha value is -0.970. The van der Waals surface area contributed by atoms with Crippen molar-refractivity contribution in [3.8, 4) is 0 Å². The predicted octanol–water partition coefficient (Wildman–Crippen LogP) is 3.08. The maximum Gasteiger partial charge on any atom is 0.316 e. The molecule has 6 heteroatoms. The first-order valence-corrected chi connectivity index (χ1v) is 6.58. The third-order valence-electron chi connectivity index (χ3n) is 2.95. The molecular formula is C12H15Cl2N3O. The van der Waals surface area contributed by atoms with Gasteiger partial charge in [-0.1, -0.05) is 23.2 Å². The second-order valence-electron chi connectivity index (χ2n) is 4.41. The number of benzene rings is 1. The molecule has 18 heavy (non-hydrogen) atoms. The zero-order chi connectivity index (χ0) is 13.1. The highest BCUT2D eigenvalue weighted by Crippen LogP contribution is 2.32. The van der Waals surface area contributed by atoms with Crippen molar-refractivity contribution in [1.29, 1.82) is 0 Å². The molecule has 0 aromatic heterocycles. The van der Waals surface area contributed by atoms with Crippen LogP contribution in [0, 0.1) is 0 Å². The van der Waals surface area contributed by atoms with E-state index in [9.17, 15) is 4.79 Å². The second kappa shape index (κ2) is 5.78. The normalized spacial score (nSPS) is 15.9. The number of hydrogen-bond donors (Lipinski definition) is 2. The van der Waals surface area contributed by atoms with E-state index in [0.29, 0.717) is 15.7 Å². The van der Waals surface area contributed by atoms with E-state index >= 15 is 0 Å². The maximum atomic E-state index is 10.8. The van der Waals surface area contributed by atoms with Gasteiger partial charge in [0.15, 0.2) is 0 Å². The largest absolute Gasteiger partial charge is 0.351 e. The summed E-state index contributed by atoms with van der Waals surface area (Å²) in [6, 6.07) is 2.96. The Kier molecular flexibility index (Phi) is 4.32. The molecule has 0 saturated carbocycles. The Morgan fingerprint density at radius 1 is 1.28 bits per heavy atom. The lowest BCUT2D eigenvalue weighted by atomic mass is 10.2. The van der Waals surface area contributed by atoms with Gasteiger partial charge in [0.1, 0.15) is 0 Å². The molecule has 2 rings (SSSR count). The molecule has 98 valence electrons. The van der Waals surface area contributed by atoms with Gasteiger partial charge in [0.2, 0.25) is 0 Å². The van der Waals surface area contributed by atoms with Crippen LogP contribution in [0.1, 0.15) is 18.4 Å². The van der Waals surface area contributed by atoms with E-state index in [2.05, 4.69) is 10.2 Å². The van der Waals surface area contributed by atoms with Gasteiger partial charge in [-0.2, -0.15) is 0 Å². The van der Waals surface area contributed by atoms with Crippen LogP contribution >= 0.6 is 23.2 Å². The van der Waals surface area contributed by atoms with Gasteiger partial charge in [-0.15, -0.1) is 0 Å². The summed E-state index contributed by atoms with van der Waals surface area (Å²) in [4.78, 5) is 13.2. The fraction of sp³-hybridized carbons (Fsp3) is 0.417. The van der Waals surface area contributed by atoms with Crippen molar-refractivity contribution >= 4 is 34.9 Å². The van der Waals surface area contributed by atoms with Crippen molar-refractivity contribution in [3.05, 3.63) is 27.7 Å². The lowest BCUT2D eigenvalue weighted by molar-refractivity contribution is 0.259. The molecule has 2 amide bonds. The fourth-order valence-electron chi connectivity index (χ4n) is 2.16. The molecule has 1 aromatic carbocycles. The highest BCUT2D eigenvalue weighted by Gasteiger charge is 2.14. The lowest BCUT2D eigenvalue weighted by Gasteiger charge is -2.16. The number of urea groups is 1. The van der Waals surface area contributed by atoms with Crippen LogP contribution in [-0.4, -0.2) is 24.0 Å². The number of nitrogens with two attached hydrogens (primary N) is 1. The Morgan fingerprint density at radius 3 is 2.33 bits per heavy atom. The summed E-state index contributed by atoms with van der Waals surface area (Å²) >= 11 is 12.2. The number of nitrogens with zero attached hydrogens (tertiary/aromatic N) is 1. The first-order chi connectivity index (χ1) is 8.56. The summed E-state index contributed by atoms with van der Waals surface area (Å²) in [5.74, 6) is 0. The highest BCUT2D eigenvalue weighted by atomic mass is 35.5. The minimum Gasteiger partial charge on any atom is -0.351 e. The molecule has 1 saturated heterocycles. The van der Waals surface area contributed by atoms with Gasteiger partial charge >= 0.3 is 6.03 Å². The van der Waals surface area contributed by atoms with E-state index in [4.69, 9.17) is 28.9 Å². The van der Waals surface area contributed by atoms with Gasteiger partial charge in [0.05, 0.1) is 15.7 Å². The van der Waals surface area contributed by atoms with Crippen molar-refractivity contribution in [3.63, 3.8) is 0 Å². The summed E-state index contributed by atoms with van der Waals surface area (Å²) < 4.78 is 0. The van der Waals surface area contributed by atoms with E-state index in [1.54, 1.807) is 0 Å². The number of halogens is 2. The van der Waals surface area contributed by atoms with Gasteiger partial charge in [-0.05, 0) is 43.6 Å². The molecule has 3 N–H and O–H groups in total. The number of amides is 2. The van der Waals surface area contributed by atoms with Crippen LogP contribution in [0.4, 0.5) is 10.5 Å².